The molecule has 0 spiro atoms. The quantitative estimate of drug-likeness (QED) is 0.837. The fraction of sp³-hybridized carbons (Fsp3) is 0.400. The van der Waals surface area contributed by atoms with Crippen LogP contribution in [0.4, 0.5) is 0 Å². The Morgan fingerprint density at radius 2 is 2.00 bits per heavy atom. The SMILES string of the molecule is CS(=O)(=O)NC1CCOc2ccc(S(=O)(=O)Cl)cc21. The number of hydrogen-bond donors (Lipinski definition) is 1. The highest BCUT2D eigenvalue weighted by atomic mass is 35.7. The van der Waals surface area contributed by atoms with Gasteiger partial charge in [-0.3, -0.25) is 0 Å². The Morgan fingerprint density at radius 3 is 2.58 bits per heavy atom. The second-order valence-corrected chi connectivity index (χ2v) is 8.56. The molecule has 6 nitrogen and oxygen atoms in total. The first-order valence-corrected chi connectivity index (χ1v) is 9.55. The Bertz CT molecular complexity index is 699. The number of halogens is 1. The number of nitrogens with one attached hydrogen (secondary N) is 1. The van der Waals surface area contributed by atoms with Crippen molar-refractivity contribution in [2.24, 2.45) is 0 Å². The topological polar surface area (TPSA) is 89.5 Å². The number of rotatable bonds is 3. The highest BCUT2D eigenvalue weighted by Gasteiger charge is 2.26. The van der Waals surface area contributed by atoms with E-state index in [1.165, 1.54) is 18.2 Å². The van der Waals surface area contributed by atoms with Crippen molar-refractivity contribution in [2.45, 2.75) is 17.4 Å². The molecule has 9 heteroatoms. The Labute approximate surface area is 116 Å². The van der Waals surface area contributed by atoms with E-state index >= 15 is 0 Å². The van der Waals surface area contributed by atoms with Crippen LogP contribution in [0, 0.1) is 0 Å². The summed E-state index contributed by atoms with van der Waals surface area (Å²) in [4.78, 5) is -0.0845. The minimum Gasteiger partial charge on any atom is -0.493 e. The molecule has 1 N–H and O–H groups in total. The van der Waals surface area contributed by atoms with Crippen LogP contribution in [-0.4, -0.2) is 29.7 Å². The summed E-state index contributed by atoms with van der Waals surface area (Å²) in [5.74, 6) is 0.455. The van der Waals surface area contributed by atoms with Crippen molar-refractivity contribution >= 4 is 29.8 Å². The largest absolute Gasteiger partial charge is 0.493 e. The zero-order valence-electron chi connectivity index (χ0n) is 9.96. The monoisotopic (exact) mass is 325 g/mol. The molecule has 0 bridgehead atoms. The van der Waals surface area contributed by atoms with Crippen LogP contribution in [0.2, 0.25) is 0 Å². The normalized spacial score (nSPS) is 19.6. The van der Waals surface area contributed by atoms with E-state index < -0.39 is 25.1 Å². The van der Waals surface area contributed by atoms with E-state index in [2.05, 4.69) is 4.72 Å². The minimum atomic E-state index is -3.86. The lowest BCUT2D eigenvalue weighted by atomic mass is 10.0. The molecular weight excluding hydrogens is 314 g/mol. The van der Waals surface area contributed by atoms with Gasteiger partial charge in [0.15, 0.2) is 0 Å². The van der Waals surface area contributed by atoms with Crippen molar-refractivity contribution < 1.29 is 21.6 Å². The predicted octanol–water partition coefficient (Wildman–Crippen LogP) is 0.987. The maximum Gasteiger partial charge on any atom is 0.261 e. The van der Waals surface area contributed by atoms with Gasteiger partial charge in [-0.2, -0.15) is 0 Å². The van der Waals surface area contributed by atoms with Gasteiger partial charge in [0.05, 0.1) is 23.8 Å². The summed E-state index contributed by atoms with van der Waals surface area (Å²) >= 11 is 0. The smallest absolute Gasteiger partial charge is 0.261 e. The second kappa shape index (κ2) is 4.93. The molecule has 0 radical (unpaired) electrons. The van der Waals surface area contributed by atoms with E-state index in [1.54, 1.807) is 0 Å². The molecule has 2 rings (SSSR count). The van der Waals surface area contributed by atoms with E-state index in [9.17, 15) is 16.8 Å². The van der Waals surface area contributed by atoms with Gasteiger partial charge in [-0.1, -0.05) is 0 Å². The van der Waals surface area contributed by atoms with Crippen LogP contribution in [0.1, 0.15) is 18.0 Å². The lowest BCUT2D eigenvalue weighted by molar-refractivity contribution is 0.263. The fourth-order valence-electron chi connectivity index (χ4n) is 1.91. The first-order chi connectivity index (χ1) is 8.67. The van der Waals surface area contributed by atoms with E-state index in [0.29, 0.717) is 24.3 Å². The molecule has 1 aromatic rings. The number of hydrogen-bond acceptors (Lipinski definition) is 5. The first-order valence-electron chi connectivity index (χ1n) is 5.35. The summed E-state index contributed by atoms with van der Waals surface area (Å²) in [6, 6.07) is 3.61. The Kier molecular flexibility index (Phi) is 3.78. The van der Waals surface area contributed by atoms with Crippen LogP contribution in [0.25, 0.3) is 0 Å². The van der Waals surface area contributed by atoms with Crippen molar-refractivity contribution in [3.63, 3.8) is 0 Å². The number of fused-ring (bicyclic) bond motifs is 1. The third kappa shape index (κ3) is 3.59. The molecule has 0 fully saturated rings. The summed E-state index contributed by atoms with van der Waals surface area (Å²) in [6.07, 6.45) is 1.47. The molecule has 1 unspecified atom stereocenters. The molecule has 0 saturated heterocycles. The maximum atomic E-state index is 11.3. The standard InChI is InChI=1S/C10H12ClNO5S2/c1-18(13,14)12-9-4-5-17-10-3-2-7(6-8(9)10)19(11,15)16/h2-3,6,9,12H,4-5H2,1H3. The van der Waals surface area contributed by atoms with Crippen molar-refractivity contribution in [3.8, 4) is 5.75 Å². The highest BCUT2D eigenvalue weighted by Crippen LogP contribution is 2.34. The van der Waals surface area contributed by atoms with Crippen LogP contribution in [0.3, 0.4) is 0 Å². The first kappa shape index (κ1) is 14.6. The van der Waals surface area contributed by atoms with Gasteiger partial charge in [0.25, 0.3) is 9.05 Å². The number of sulfonamides is 1. The van der Waals surface area contributed by atoms with Crippen LogP contribution < -0.4 is 9.46 Å². The molecule has 19 heavy (non-hydrogen) atoms. The van der Waals surface area contributed by atoms with Gasteiger partial charge in [-0.05, 0) is 18.2 Å². The zero-order chi connectivity index (χ0) is 14.3. The fourth-order valence-corrected chi connectivity index (χ4v) is 3.45. The Balaban J connectivity index is 2.47. The molecular formula is C10H12ClNO5S2. The number of ether oxygens (including phenoxy) is 1. The minimum absolute atomic E-state index is 0.0845. The van der Waals surface area contributed by atoms with E-state index in [1.807, 2.05) is 0 Å². The Morgan fingerprint density at radius 1 is 1.32 bits per heavy atom. The van der Waals surface area contributed by atoms with Gasteiger partial charge in [0.2, 0.25) is 10.0 Å². The molecule has 0 saturated carbocycles. The van der Waals surface area contributed by atoms with E-state index in [-0.39, 0.29) is 4.90 Å². The zero-order valence-corrected chi connectivity index (χ0v) is 12.3. The molecule has 1 aliphatic rings. The predicted molar refractivity (Wildman–Crippen MR) is 70.3 cm³/mol. The van der Waals surface area contributed by atoms with E-state index in [4.69, 9.17) is 15.4 Å². The summed E-state index contributed by atoms with van der Waals surface area (Å²) in [7, 11) is -1.99. The average molecular weight is 326 g/mol. The van der Waals surface area contributed by atoms with Crippen LogP contribution >= 0.6 is 10.7 Å². The lowest BCUT2D eigenvalue weighted by Gasteiger charge is -2.26. The summed E-state index contributed by atoms with van der Waals surface area (Å²) in [6.45, 7) is 0.354. The van der Waals surface area contributed by atoms with Gasteiger partial charge >= 0.3 is 0 Å². The molecule has 1 heterocycles. The molecule has 106 valence electrons. The van der Waals surface area contributed by atoms with Gasteiger partial charge in [0, 0.05) is 22.7 Å². The van der Waals surface area contributed by atoms with Gasteiger partial charge in [0.1, 0.15) is 5.75 Å². The maximum absolute atomic E-state index is 11.3. The molecule has 1 aromatic carbocycles. The molecule has 0 aliphatic carbocycles. The highest BCUT2D eigenvalue weighted by molar-refractivity contribution is 8.13. The van der Waals surface area contributed by atoms with Crippen molar-refractivity contribution in [2.75, 3.05) is 12.9 Å². The van der Waals surface area contributed by atoms with Crippen LogP contribution in [-0.2, 0) is 19.1 Å². The third-order valence-corrected chi connectivity index (χ3v) is 4.72. The average Bonchev–Trinajstić information content (AvgIpc) is 2.25. The van der Waals surface area contributed by atoms with Crippen molar-refractivity contribution in [1.82, 2.24) is 4.72 Å². The molecule has 0 amide bonds. The summed E-state index contributed by atoms with van der Waals surface area (Å²) in [5.41, 5.74) is 0.471. The van der Waals surface area contributed by atoms with Gasteiger partial charge in [-0.15, -0.1) is 0 Å². The van der Waals surface area contributed by atoms with Crippen LogP contribution in [0.5, 0.6) is 5.75 Å². The lowest BCUT2D eigenvalue weighted by Crippen LogP contribution is -2.31. The molecule has 1 atom stereocenters. The summed E-state index contributed by atoms with van der Waals surface area (Å²) in [5, 5.41) is 0. The van der Waals surface area contributed by atoms with Crippen molar-refractivity contribution in [3.05, 3.63) is 23.8 Å². The second-order valence-electron chi connectivity index (χ2n) is 4.22. The summed E-state index contributed by atoms with van der Waals surface area (Å²) < 4.78 is 53.0. The Hall–Kier alpha value is -0.830. The number of benzene rings is 1. The van der Waals surface area contributed by atoms with Gasteiger partial charge in [-0.25, -0.2) is 21.6 Å². The van der Waals surface area contributed by atoms with Gasteiger partial charge < -0.3 is 4.74 Å². The molecule has 1 aliphatic heterocycles. The third-order valence-electron chi connectivity index (χ3n) is 2.66. The van der Waals surface area contributed by atoms with Crippen LogP contribution in [0.15, 0.2) is 23.1 Å². The van der Waals surface area contributed by atoms with E-state index in [0.717, 1.165) is 6.26 Å². The molecule has 0 aromatic heterocycles. The van der Waals surface area contributed by atoms with Crippen molar-refractivity contribution in [1.29, 1.82) is 0 Å².